The van der Waals surface area contributed by atoms with Crippen LogP contribution in [0, 0.1) is 5.92 Å². The van der Waals surface area contributed by atoms with E-state index < -0.39 is 0 Å². The third-order valence-corrected chi connectivity index (χ3v) is 3.82. The minimum Gasteiger partial charge on any atom is -0.504 e. The number of ether oxygens (including phenoxy) is 1. The number of carbonyl (C=O) groups is 1. The van der Waals surface area contributed by atoms with Crippen LogP contribution in [0.25, 0.3) is 0 Å². The first-order chi connectivity index (χ1) is 9.52. The minimum atomic E-state index is -0.170. The number of amides is 1. The van der Waals surface area contributed by atoms with Gasteiger partial charge in [-0.15, -0.1) is 0 Å². The second-order valence-corrected chi connectivity index (χ2v) is 5.46. The van der Waals surface area contributed by atoms with Gasteiger partial charge in [0, 0.05) is 20.1 Å². The van der Waals surface area contributed by atoms with E-state index in [-0.39, 0.29) is 11.7 Å². The van der Waals surface area contributed by atoms with Gasteiger partial charge in [0.2, 0.25) is 0 Å². The molecule has 0 bridgehead atoms. The maximum Gasteiger partial charge on any atom is 0.257 e. The number of benzene rings is 1. The summed E-state index contributed by atoms with van der Waals surface area (Å²) in [5, 5.41) is 10.0. The Kier molecular flexibility index (Phi) is 4.49. The average molecular weight is 278 g/mol. The van der Waals surface area contributed by atoms with Crippen LogP contribution in [0.15, 0.2) is 18.2 Å². The predicted octanol–water partition coefficient (Wildman–Crippen LogP) is 1.42. The minimum absolute atomic E-state index is 0.0876. The fourth-order valence-corrected chi connectivity index (χ4v) is 2.71. The van der Waals surface area contributed by atoms with Gasteiger partial charge in [0.1, 0.15) is 0 Å². The summed E-state index contributed by atoms with van der Waals surface area (Å²) in [5.74, 6) is 0.567. The van der Waals surface area contributed by atoms with Crippen LogP contribution in [0.1, 0.15) is 16.8 Å². The molecule has 0 radical (unpaired) electrons. The van der Waals surface area contributed by atoms with E-state index in [0.29, 0.717) is 23.8 Å². The predicted molar refractivity (Wildman–Crippen MR) is 77.2 cm³/mol. The van der Waals surface area contributed by atoms with Crippen molar-refractivity contribution in [2.75, 3.05) is 40.8 Å². The first-order valence-electron chi connectivity index (χ1n) is 6.83. The van der Waals surface area contributed by atoms with Crippen LogP contribution in [-0.2, 0) is 0 Å². The third kappa shape index (κ3) is 3.04. The fourth-order valence-electron chi connectivity index (χ4n) is 2.71. The van der Waals surface area contributed by atoms with Crippen molar-refractivity contribution in [1.29, 1.82) is 0 Å². The Labute approximate surface area is 119 Å². The molecule has 1 unspecified atom stereocenters. The van der Waals surface area contributed by atoms with Crippen molar-refractivity contribution >= 4 is 5.91 Å². The topological polar surface area (TPSA) is 53.0 Å². The zero-order valence-corrected chi connectivity index (χ0v) is 12.3. The highest BCUT2D eigenvalue weighted by Crippen LogP contribution is 2.30. The number of carbonyl (C=O) groups excluding carboxylic acids is 1. The van der Waals surface area contributed by atoms with Gasteiger partial charge in [-0.25, -0.2) is 0 Å². The smallest absolute Gasteiger partial charge is 0.257 e. The SMILES string of the molecule is COc1cccc(C(=O)N(C)CC2CCN(C)C2)c1O. The number of para-hydroxylation sites is 1. The molecule has 1 aliphatic rings. The van der Waals surface area contributed by atoms with Crippen molar-refractivity contribution < 1.29 is 14.6 Å². The molecule has 1 N–H and O–H groups in total. The molecule has 1 atom stereocenters. The van der Waals surface area contributed by atoms with Gasteiger partial charge >= 0.3 is 0 Å². The molecule has 1 amide bonds. The van der Waals surface area contributed by atoms with Crippen molar-refractivity contribution in [1.82, 2.24) is 9.80 Å². The lowest BCUT2D eigenvalue weighted by Crippen LogP contribution is -2.32. The van der Waals surface area contributed by atoms with Crippen LogP contribution in [-0.4, -0.2) is 61.7 Å². The summed E-state index contributed by atoms with van der Waals surface area (Å²) in [4.78, 5) is 16.3. The highest BCUT2D eigenvalue weighted by Gasteiger charge is 2.24. The number of nitrogens with zero attached hydrogens (tertiary/aromatic N) is 2. The molecule has 2 rings (SSSR count). The van der Waals surface area contributed by atoms with E-state index in [0.717, 1.165) is 19.5 Å². The van der Waals surface area contributed by atoms with E-state index in [1.165, 1.54) is 7.11 Å². The zero-order chi connectivity index (χ0) is 14.7. The molecule has 110 valence electrons. The van der Waals surface area contributed by atoms with Crippen LogP contribution < -0.4 is 4.74 Å². The molecular weight excluding hydrogens is 256 g/mol. The molecule has 5 nitrogen and oxygen atoms in total. The van der Waals surface area contributed by atoms with Crippen LogP contribution >= 0.6 is 0 Å². The lowest BCUT2D eigenvalue weighted by Gasteiger charge is -2.22. The molecular formula is C15H22N2O3. The second kappa shape index (κ2) is 6.13. The van der Waals surface area contributed by atoms with Crippen molar-refractivity contribution in [2.24, 2.45) is 5.92 Å². The summed E-state index contributed by atoms with van der Waals surface area (Å²) in [7, 11) is 5.34. The Morgan fingerprint density at radius 1 is 1.55 bits per heavy atom. The summed E-state index contributed by atoms with van der Waals surface area (Å²) in [6.45, 7) is 2.80. The van der Waals surface area contributed by atoms with E-state index in [2.05, 4.69) is 11.9 Å². The number of phenolic OH excluding ortho intramolecular Hbond substituents is 1. The molecule has 5 heteroatoms. The number of hydrogen-bond acceptors (Lipinski definition) is 4. The molecule has 20 heavy (non-hydrogen) atoms. The summed E-state index contributed by atoms with van der Waals surface area (Å²) in [6.07, 6.45) is 1.11. The maximum atomic E-state index is 12.4. The molecule has 1 saturated heterocycles. The lowest BCUT2D eigenvalue weighted by atomic mass is 10.1. The van der Waals surface area contributed by atoms with Crippen LogP contribution in [0.4, 0.5) is 0 Å². The van der Waals surface area contributed by atoms with Gasteiger partial charge in [-0.1, -0.05) is 6.07 Å². The van der Waals surface area contributed by atoms with Gasteiger partial charge < -0.3 is 19.6 Å². The summed E-state index contributed by atoms with van der Waals surface area (Å²) in [5.41, 5.74) is 0.290. The van der Waals surface area contributed by atoms with E-state index in [1.807, 2.05) is 0 Å². The zero-order valence-electron chi connectivity index (χ0n) is 12.3. The quantitative estimate of drug-likeness (QED) is 0.905. The molecule has 0 aromatic heterocycles. The molecule has 1 heterocycles. The molecule has 1 aliphatic heterocycles. The second-order valence-electron chi connectivity index (χ2n) is 5.46. The van der Waals surface area contributed by atoms with E-state index >= 15 is 0 Å². The van der Waals surface area contributed by atoms with E-state index in [1.54, 1.807) is 30.1 Å². The Hall–Kier alpha value is -1.75. The van der Waals surface area contributed by atoms with Gasteiger partial charge in [-0.05, 0) is 38.1 Å². The van der Waals surface area contributed by atoms with Gasteiger partial charge in [0.25, 0.3) is 5.91 Å². The van der Waals surface area contributed by atoms with Crippen LogP contribution in [0.5, 0.6) is 11.5 Å². The number of rotatable bonds is 4. The number of aromatic hydroxyl groups is 1. The Morgan fingerprint density at radius 2 is 2.30 bits per heavy atom. The summed E-state index contributed by atoms with van der Waals surface area (Å²) >= 11 is 0. The fraction of sp³-hybridized carbons (Fsp3) is 0.533. The molecule has 0 spiro atoms. The molecule has 1 fully saturated rings. The largest absolute Gasteiger partial charge is 0.504 e. The van der Waals surface area contributed by atoms with Gasteiger partial charge in [0.15, 0.2) is 11.5 Å². The Balaban J connectivity index is 2.07. The number of hydrogen-bond donors (Lipinski definition) is 1. The Bertz CT molecular complexity index is 490. The first-order valence-corrected chi connectivity index (χ1v) is 6.83. The third-order valence-electron chi connectivity index (χ3n) is 3.82. The summed E-state index contributed by atoms with van der Waals surface area (Å²) in [6, 6.07) is 4.97. The molecule has 0 saturated carbocycles. The Morgan fingerprint density at radius 3 is 2.90 bits per heavy atom. The molecule has 0 aliphatic carbocycles. The van der Waals surface area contributed by atoms with Crippen LogP contribution in [0.2, 0.25) is 0 Å². The molecule has 1 aromatic rings. The number of methoxy groups -OCH3 is 1. The molecule has 1 aromatic carbocycles. The van der Waals surface area contributed by atoms with E-state index in [4.69, 9.17) is 4.74 Å². The number of likely N-dealkylation sites (tertiary alicyclic amines) is 1. The normalized spacial score (nSPS) is 19.1. The van der Waals surface area contributed by atoms with Gasteiger partial charge in [-0.3, -0.25) is 4.79 Å². The van der Waals surface area contributed by atoms with Crippen molar-refractivity contribution in [3.8, 4) is 11.5 Å². The van der Waals surface area contributed by atoms with Crippen LogP contribution in [0.3, 0.4) is 0 Å². The maximum absolute atomic E-state index is 12.4. The standard InChI is InChI=1S/C15H22N2O3/c1-16-8-7-11(9-16)10-17(2)15(19)12-5-4-6-13(20-3)14(12)18/h4-6,11,18H,7-10H2,1-3H3. The summed E-state index contributed by atoms with van der Waals surface area (Å²) < 4.78 is 5.04. The monoisotopic (exact) mass is 278 g/mol. The van der Waals surface area contributed by atoms with Crippen molar-refractivity contribution in [3.63, 3.8) is 0 Å². The highest BCUT2D eigenvalue weighted by atomic mass is 16.5. The lowest BCUT2D eigenvalue weighted by molar-refractivity contribution is 0.0770. The van der Waals surface area contributed by atoms with Gasteiger partial charge in [-0.2, -0.15) is 0 Å². The average Bonchev–Trinajstić information content (AvgIpc) is 2.83. The first kappa shape index (κ1) is 14.7. The van der Waals surface area contributed by atoms with Crippen molar-refractivity contribution in [2.45, 2.75) is 6.42 Å². The van der Waals surface area contributed by atoms with Crippen molar-refractivity contribution in [3.05, 3.63) is 23.8 Å². The number of phenols is 1. The highest BCUT2D eigenvalue weighted by molar-refractivity contribution is 5.97. The van der Waals surface area contributed by atoms with Gasteiger partial charge in [0.05, 0.1) is 12.7 Å². The van der Waals surface area contributed by atoms with E-state index in [9.17, 15) is 9.90 Å².